The molecule has 2 aliphatic heterocycles. The number of amides is 1. The van der Waals surface area contributed by atoms with Gasteiger partial charge in [-0.25, -0.2) is 0 Å². The zero-order chi connectivity index (χ0) is 13.9. The molecule has 1 atom stereocenters. The Balaban J connectivity index is 1.51. The van der Waals surface area contributed by atoms with Gasteiger partial charge in [0.25, 0.3) is 0 Å². The third-order valence-corrected chi connectivity index (χ3v) is 4.34. The number of carbonyl (C=O) groups is 1. The van der Waals surface area contributed by atoms with Gasteiger partial charge in [-0.1, -0.05) is 12.1 Å². The maximum Gasteiger partial charge on any atom is 0.238 e. The molecule has 0 aromatic heterocycles. The Hall–Kier alpha value is -1.39. The van der Waals surface area contributed by atoms with Gasteiger partial charge in [-0.05, 0) is 44.0 Å². The van der Waals surface area contributed by atoms with Crippen LogP contribution in [0.15, 0.2) is 24.3 Å². The highest BCUT2D eigenvalue weighted by atomic mass is 16.2. The zero-order valence-electron chi connectivity index (χ0n) is 12.1. The molecular formula is C16H23N3O. The number of rotatable bonds is 3. The van der Waals surface area contributed by atoms with Gasteiger partial charge in [-0.2, -0.15) is 0 Å². The molecule has 2 fully saturated rings. The van der Waals surface area contributed by atoms with Crippen LogP contribution >= 0.6 is 0 Å². The molecule has 4 nitrogen and oxygen atoms in total. The van der Waals surface area contributed by atoms with Crippen LogP contribution in [-0.4, -0.2) is 54.5 Å². The fraction of sp³-hybridized carbons (Fsp3) is 0.562. The van der Waals surface area contributed by atoms with Gasteiger partial charge >= 0.3 is 0 Å². The number of piperazine rings is 1. The second-order valence-electron chi connectivity index (χ2n) is 5.98. The number of hydrogen-bond donors (Lipinski definition) is 1. The van der Waals surface area contributed by atoms with Crippen molar-refractivity contribution in [2.75, 3.05) is 38.0 Å². The predicted octanol–water partition coefficient (Wildman–Crippen LogP) is 1.71. The fourth-order valence-corrected chi connectivity index (χ4v) is 3.33. The first-order valence-electron chi connectivity index (χ1n) is 7.53. The van der Waals surface area contributed by atoms with E-state index in [2.05, 4.69) is 15.1 Å². The predicted molar refractivity (Wildman–Crippen MR) is 80.8 cm³/mol. The quantitative estimate of drug-likeness (QED) is 0.911. The Morgan fingerprint density at radius 1 is 1.35 bits per heavy atom. The monoisotopic (exact) mass is 273 g/mol. The lowest BCUT2D eigenvalue weighted by atomic mass is 10.1. The zero-order valence-corrected chi connectivity index (χ0v) is 12.1. The molecule has 0 saturated carbocycles. The van der Waals surface area contributed by atoms with Crippen molar-refractivity contribution < 1.29 is 4.79 Å². The number of carbonyl (C=O) groups excluding carboxylic acids is 1. The summed E-state index contributed by atoms with van der Waals surface area (Å²) in [7, 11) is 0. The highest BCUT2D eigenvalue weighted by Gasteiger charge is 2.30. The van der Waals surface area contributed by atoms with Gasteiger partial charge in [-0.15, -0.1) is 0 Å². The molecule has 108 valence electrons. The van der Waals surface area contributed by atoms with Crippen molar-refractivity contribution in [3.63, 3.8) is 0 Å². The summed E-state index contributed by atoms with van der Waals surface area (Å²) in [4.78, 5) is 17.0. The van der Waals surface area contributed by atoms with Crippen LogP contribution in [0.25, 0.3) is 0 Å². The molecule has 0 bridgehead atoms. The average molecular weight is 273 g/mol. The van der Waals surface area contributed by atoms with E-state index in [0.29, 0.717) is 12.6 Å². The second kappa shape index (κ2) is 5.94. The summed E-state index contributed by atoms with van der Waals surface area (Å²) >= 11 is 0. The maximum atomic E-state index is 12.1. The molecule has 2 saturated heterocycles. The van der Waals surface area contributed by atoms with E-state index in [4.69, 9.17) is 0 Å². The molecule has 2 aliphatic rings. The summed E-state index contributed by atoms with van der Waals surface area (Å²) in [5.41, 5.74) is 2.07. The van der Waals surface area contributed by atoms with Gasteiger partial charge in [0.1, 0.15) is 0 Å². The summed E-state index contributed by atoms with van der Waals surface area (Å²) in [6.45, 7) is 6.96. The molecule has 1 aromatic carbocycles. The molecule has 0 radical (unpaired) electrons. The molecular weight excluding hydrogens is 250 g/mol. The van der Waals surface area contributed by atoms with E-state index in [1.165, 1.54) is 24.9 Å². The Kier molecular flexibility index (Phi) is 4.03. The van der Waals surface area contributed by atoms with Crippen LogP contribution in [0.1, 0.15) is 18.4 Å². The Morgan fingerprint density at radius 3 is 3.10 bits per heavy atom. The van der Waals surface area contributed by atoms with E-state index in [-0.39, 0.29) is 5.91 Å². The first kappa shape index (κ1) is 13.6. The van der Waals surface area contributed by atoms with E-state index in [1.807, 2.05) is 31.2 Å². The Morgan fingerprint density at radius 2 is 2.25 bits per heavy atom. The summed E-state index contributed by atoms with van der Waals surface area (Å²) < 4.78 is 0. The molecule has 20 heavy (non-hydrogen) atoms. The van der Waals surface area contributed by atoms with Gasteiger partial charge in [0.05, 0.1) is 6.54 Å². The highest BCUT2D eigenvalue weighted by molar-refractivity contribution is 5.92. The van der Waals surface area contributed by atoms with E-state index < -0.39 is 0 Å². The van der Waals surface area contributed by atoms with Crippen LogP contribution in [0.2, 0.25) is 0 Å². The third-order valence-electron chi connectivity index (χ3n) is 4.34. The summed E-state index contributed by atoms with van der Waals surface area (Å²) in [5, 5.41) is 3.00. The maximum absolute atomic E-state index is 12.1. The number of hydrogen-bond acceptors (Lipinski definition) is 3. The molecule has 1 N–H and O–H groups in total. The van der Waals surface area contributed by atoms with Crippen LogP contribution in [0, 0.1) is 6.92 Å². The average Bonchev–Trinajstić information content (AvgIpc) is 2.86. The van der Waals surface area contributed by atoms with E-state index in [9.17, 15) is 4.79 Å². The first-order valence-corrected chi connectivity index (χ1v) is 7.53. The molecule has 0 spiro atoms. The smallest absolute Gasteiger partial charge is 0.238 e. The minimum Gasteiger partial charge on any atom is -0.325 e. The van der Waals surface area contributed by atoms with Crippen LogP contribution in [0.3, 0.4) is 0 Å². The highest BCUT2D eigenvalue weighted by Crippen LogP contribution is 2.21. The molecule has 2 heterocycles. The SMILES string of the molecule is Cc1cccc(NC(=O)CN2CCN3CCCC3C2)c1. The Labute approximate surface area is 120 Å². The summed E-state index contributed by atoms with van der Waals surface area (Å²) in [6.07, 6.45) is 2.60. The van der Waals surface area contributed by atoms with Crippen LogP contribution in [0.5, 0.6) is 0 Å². The second-order valence-corrected chi connectivity index (χ2v) is 5.98. The molecule has 0 aliphatic carbocycles. The molecule has 1 unspecified atom stereocenters. The van der Waals surface area contributed by atoms with Gasteiger partial charge in [0.15, 0.2) is 0 Å². The largest absolute Gasteiger partial charge is 0.325 e. The topological polar surface area (TPSA) is 35.6 Å². The van der Waals surface area contributed by atoms with Gasteiger partial charge in [0.2, 0.25) is 5.91 Å². The van der Waals surface area contributed by atoms with Crippen molar-refractivity contribution in [3.8, 4) is 0 Å². The normalized spacial score (nSPS) is 23.6. The number of anilines is 1. The van der Waals surface area contributed by atoms with E-state index in [0.717, 1.165) is 25.3 Å². The lowest BCUT2D eigenvalue weighted by Gasteiger charge is -2.37. The van der Waals surface area contributed by atoms with Gasteiger partial charge < -0.3 is 5.32 Å². The number of fused-ring (bicyclic) bond motifs is 1. The third kappa shape index (κ3) is 3.19. The molecule has 1 amide bonds. The Bertz CT molecular complexity index is 488. The van der Waals surface area contributed by atoms with Crippen LogP contribution in [-0.2, 0) is 4.79 Å². The molecule has 4 heteroatoms. The van der Waals surface area contributed by atoms with Crippen molar-refractivity contribution in [1.29, 1.82) is 0 Å². The van der Waals surface area contributed by atoms with Crippen LogP contribution < -0.4 is 5.32 Å². The molecule has 3 rings (SSSR count). The van der Waals surface area contributed by atoms with Gasteiger partial charge in [-0.3, -0.25) is 14.6 Å². The van der Waals surface area contributed by atoms with Crippen LogP contribution in [0.4, 0.5) is 5.69 Å². The lowest BCUT2D eigenvalue weighted by molar-refractivity contribution is -0.117. The van der Waals surface area contributed by atoms with Crippen molar-refractivity contribution in [2.24, 2.45) is 0 Å². The lowest BCUT2D eigenvalue weighted by Crippen LogP contribution is -2.51. The molecule has 1 aromatic rings. The minimum absolute atomic E-state index is 0.0991. The number of aryl methyl sites for hydroxylation is 1. The van der Waals surface area contributed by atoms with Crippen molar-refractivity contribution in [2.45, 2.75) is 25.8 Å². The number of nitrogens with one attached hydrogen (secondary N) is 1. The number of benzene rings is 1. The fourth-order valence-electron chi connectivity index (χ4n) is 3.33. The summed E-state index contributed by atoms with van der Waals surface area (Å²) in [5.74, 6) is 0.0991. The minimum atomic E-state index is 0.0991. The summed E-state index contributed by atoms with van der Waals surface area (Å²) in [6, 6.07) is 8.64. The standard InChI is InChI=1S/C16H23N3O/c1-13-4-2-5-14(10-13)17-16(20)12-18-8-9-19-7-3-6-15(19)11-18/h2,4-5,10,15H,3,6-9,11-12H2,1H3,(H,17,20). The first-order chi connectivity index (χ1) is 9.70. The van der Waals surface area contributed by atoms with Gasteiger partial charge in [0, 0.05) is 31.4 Å². The van der Waals surface area contributed by atoms with E-state index in [1.54, 1.807) is 0 Å². The number of nitrogens with zero attached hydrogens (tertiary/aromatic N) is 2. The van der Waals surface area contributed by atoms with E-state index >= 15 is 0 Å². The van der Waals surface area contributed by atoms with Crippen molar-refractivity contribution in [1.82, 2.24) is 9.80 Å². The van der Waals surface area contributed by atoms with Crippen molar-refractivity contribution >= 4 is 11.6 Å². The van der Waals surface area contributed by atoms with Crippen molar-refractivity contribution in [3.05, 3.63) is 29.8 Å².